The van der Waals surface area contributed by atoms with Crippen molar-refractivity contribution in [1.29, 1.82) is 0 Å². The van der Waals surface area contributed by atoms with Crippen molar-refractivity contribution in [1.82, 2.24) is 10.3 Å². The van der Waals surface area contributed by atoms with E-state index in [1.807, 2.05) is 0 Å². The van der Waals surface area contributed by atoms with Crippen LogP contribution in [0.4, 0.5) is 0 Å². The van der Waals surface area contributed by atoms with E-state index in [0.717, 1.165) is 0 Å². The van der Waals surface area contributed by atoms with Gasteiger partial charge >= 0.3 is 0 Å². The maximum atomic E-state index is 5.98. The minimum absolute atomic E-state index is 0.0116. The van der Waals surface area contributed by atoms with Crippen molar-refractivity contribution in [2.24, 2.45) is 5.84 Å². The molecule has 0 aromatic heterocycles. The Morgan fingerprint density at radius 3 is 2.29 bits per heavy atom. The monoisotopic (exact) mass is 289 g/mol. The topological polar surface area (TPSA) is 41.3 Å². The fraction of sp³-hybridized carbons (Fsp3) is 0.667. The Morgan fingerprint density at radius 1 is 1.10 bits per heavy atom. The predicted octanol–water partition coefficient (Wildman–Crippen LogP) is 3.46. The van der Waals surface area contributed by atoms with Crippen LogP contribution in [0.2, 0.25) is 0 Å². The minimum atomic E-state index is 0.0116. The molecule has 2 rings (SSSR count). The molecule has 1 fully saturated rings. The summed E-state index contributed by atoms with van der Waals surface area (Å²) in [6.07, 6.45) is 5.31. The van der Waals surface area contributed by atoms with Gasteiger partial charge in [-0.05, 0) is 70.3 Å². The molecule has 0 bridgehead atoms. The normalized spacial score (nSPS) is 19.3. The van der Waals surface area contributed by atoms with Gasteiger partial charge in [0.25, 0.3) is 0 Å². The van der Waals surface area contributed by atoms with Gasteiger partial charge in [0.2, 0.25) is 0 Å². The van der Waals surface area contributed by atoms with E-state index in [4.69, 9.17) is 5.84 Å². The van der Waals surface area contributed by atoms with E-state index in [2.05, 4.69) is 56.2 Å². The number of hydrazine groups is 1. The second-order valence-corrected chi connectivity index (χ2v) is 6.94. The summed E-state index contributed by atoms with van der Waals surface area (Å²) in [6, 6.07) is 6.67. The van der Waals surface area contributed by atoms with E-state index in [1.165, 1.54) is 55.5 Å². The summed E-state index contributed by atoms with van der Waals surface area (Å²) in [4.78, 5) is 2.62. The number of hydrogen-bond donors (Lipinski definition) is 2. The summed E-state index contributed by atoms with van der Waals surface area (Å²) >= 11 is 0. The SMILES string of the molecule is Cc1cccc(C(NN)C(C)(C)N2CCCCCC2)c1C. The third-order valence-corrected chi connectivity index (χ3v) is 5.25. The Balaban J connectivity index is 2.31. The molecule has 1 atom stereocenters. The molecule has 1 heterocycles. The van der Waals surface area contributed by atoms with Gasteiger partial charge in [0, 0.05) is 5.54 Å². The fourth-order valence-corrected chi connectivity index (χ4v) is 3.59. The average Bonchev–Trinajstić information content (AvgIpc) is 2.73. The molecule has 1 aromatic carbocycles. The average molecular weight is 289 g/mol. The number of nitrogens with one attached hydrogen (secondary N) is 1. The van der Waals surface area contributed by atoms with Crippen LogP contribution in [0.5, 0.6) is 0 Å². The van der Waals surface area contributed by atoms with Crippen molar-refractivity contribution in [2.45, 2.75) is 65.0 Å². The van der Waals surface area contributed by atoms with Crippen molar-refractivity contribution in [2.75, 3.05) is 13.1 Å². The molecule has 118 valence electrons. The van der Waals surface area contributed by atoms with Crippen molar-refractivity contribution in [3.05, 3.63) is 34.9 Å². The molecular weight excluding hydrogens is 258 g/mol. The molecule has 0 radical (unpaired) electrons. The van der Waals surface area contributed by atoms with Crippen LogP contribution in [0.3, 0.4) is 0 Å². The highest BCUT2D eigenvalue weighted by molar-refractivity contribution is 5.37. The second-order valence-electron chi connectivity index (χ2n) is 6.94. The first-order valence-electron chi connectivity index (χ1n) is 8.25. The van der Waals surface area contributed by atoms with E-state index in [9.17, 15) is 0 Å². The van der Waals surface area contributed by atoms with Crippen LogP contribution in [0.1, 0.15) is 62.3 Å². The molecule has 0 saturated carbocycles. The van der Waals surface area contributed by atoms with Crippen LogP contribution in [0.15, 0.2) is 18.2 Å². The predicted molar refractivity (Wildman–Crippen MR) is 90.1 cm³/mol. The van der Waals surface area contributed by atoms with Crippen LogP contribution < -0.4 is 11.3 Å². The molecule has 1 aliphatic heterocycles. The number of nitrogens with zero attached hydrogens (tertiary/aromatic N) is 1. The number of aryl methyl sites for hydroxylation is 1. The van der Waals surface area contributed by atoms with Crippen molar-refractivity contribution in [3.63, 3.8) is 0 Å². The van der Waals surface area contributed by atoms with Gasteiger partial charge in [-0.15, -0.1) is 0 Å². The summed E-state index contributed by atoms with van der Waals surface area (Å²) in [7, 11) is 0. The second kappa shape index (κ2) is 6.91. The zero-order valence-electron chi connectivity index (χ0n) is 14.1. The third-order valence-electron chi connectivity index (χ3n) is 5.25. The zero-order valence-corrected chi connectivity index (χ0v) is 14.1. The first-order valence-corrected chi connectivity index (χ1v) is 8.25. The molecule has 21 heavy (non-hydrogen) atoms. The molecule has 3 nitrogen and oxygen atoms in total. The Hall–Kier alpha value is -0.900. The van der Waals surface area contributed by atoms with Crippen LogP contribution in [-0.4, -0.2) is 23.5 Å². The lowest BCUT2D eigenvalue weighted by Crippen LogP contribution is -2.54. The van der Waals surface area contributed by atoms with Gasteiger partial charge in [-0.1, -0.05) is 31.0 Å². The van der Waals surface area contributed by atoms with Gasteiger partial charge in [-0.25, -0.2) is 0 Å². The molecule has 3 N–H and O–H groups in total. The minimum Gasteiger partial charge on any atom is -0.296 e. The van der Waals surface area contributed by atoms with Gasteiger partial charge < -0.3 is 0 Å². The Bertz CT molecular complexity index is 460. The van der Waals surface area contributed by atoms with Crippen molar-refractivity contribution >= 4 is 0 Å². The van der Waals surface area contributed by atoms with Gasteiger partial charge in [-0.2, -0.15) is 0 Å². The van der Waals surface area contributed by atoms with Crippen molar-refractivity contribution < 1.29 is 0 Å². The first kappa shape index (κ1) is 16.5. The Morgan fingerprint density at radius 2 is 1.71 bits per heavy atom. The fourth-order valence-electron chi connectivity index (χ4n) is 3.59. The highest BCUT2D eigenvalue weighted by Crippen LogP contribution is 2.34. The Labute approximate surface area is 129 Å². The largest absolute Gasteiger partial charge is 0.296 e. The summed E-state index contributed by atoms with van der Waals surface area (Å²) in [6.45, 7) is 11.4. The molecular formula is C18H31N3. The quantitative estimate of drug-likeness (QED) is 0.659. The lowest BCUT2D eigenvalue weighted by atomic mass is 9.84. The highest BCUT2D eigenvalue weighted by Gasteiger charge is 2.36. The number of hydrogen-bond acceptors (Lipinski definition) is 3. The molecule has 1 aromatic rings. The standard InChI is InChI=1S/C18H31N3/c1-14-10-9-11-16(15(14)2)17(20-19)18(3,4)21-12-7-5-6-8-13-21/h9-11,17,20H,5-8,12-13,19H2,1-4H3. The molecule has 1 aliphatic rings. The third kappa shape index (κ3) is 3.47. The summed E-state index contributed by atoms with van der Waals surface area (Å²) in [5, 5.41) is 0. The summed E-state index contributed by atoms with van der Waals surface area (Å²) in [5.74, 6) is 5.98. The molecule has 0 amide bonds. The molecule has 1 unspecified atom stereocenters. The van der Waals surface area contributed by atoms with Crippen LogP contribution in [0.25, 0.3) is 0 Å². The van der Waals surface area contributed by atoms with Gasteiger partial charge in [0.1, 0.15) is 0 Å². The number of benzene rings is 1. The maximum absolute atomic E-state index is 5.98. The van der Waals surface area contributed by atoms with Gasteiger partial charge in [-0.3, -0.25) is 16.2 Å². The maximum Gasteiger partial charge on any atom is 0.0641 e. The summed E-state index contributed by atoms with van der Waals surface area (Å²) in [5.41, 5.74) is 7.12. The molecule has 0 aliphatic carbocycles. The van der Waals surface area contributed by atoms with E-state index < -0.39 is 0 Å². The number of rotatable bonds is 4. The van der Waals surface area contributed by atoms with E-state index in [-0.39, 0.29) is 11.6 Å². The van der Waals surface area contributed by atoms with E-state index in [0.29, 0.717) is 0 Å². The molecule has 3 heteroatoms. The van der Waals surface area contributed by atoms with Crippen LogP contribution >= 0.6 is 0 Å². The number of nitrogens with two attached hydrogens (primary N) is 1. The lowest BCUT2D eigenvalue weighted by Gasteiger charge is -2.44. The zero-order chi connectivity index (χ0) is 15.5. The van der Waals surface area contributed by atoms with Crippen molar-refractivity contribution in [3.8, 4) is 0 Å². The van der Waals surface area contributed by atoms with Gasteiger partial charge in [0.05, 0.1) is 6.04 Å². The first-order chi connectivity index (χ1) is 9.98. The Kier molecular flexibility index (Phi) is 5.42. The lowest BCUT2D eigenvalue weighted by molar-refractivity contribution is 0.0832. The number of likely N-dealkylation sites (tertiary alicyclic amines) is 1. The van der Waals surface area contributed by atoms with Crippen LogP contribution in [-0.2, 0) is 0 Å². The summed E-state index contributed by atoms with van der Waals surface area (Å²) < 4.78 is 0. The van der Waals surface area contributed by atoms with Crippen LogP contribution in [0, 0.1) is 13.8 Å². The highest BCUT2D eigenvalue weighted by atomic mass is 15.3. The smallest absolute Gasteiger partial charge is 0.0641 e. The van der Waals surface area contributed by atoms with E-state index >= 15 is 0 Å². The molecule has 1 saturated heterocycles. The van der Waals surface area contributed by atoms with E-state index in [1.54, 1.807) is 0 Å². The van der Waals surface area contributed by atoms with Gasteiger partial charge in [0.15, 0.2) is 0 Å². The molecule has 0 spiro atoms.